The zero-order valence-corrected chi connectivity index (χ0v) is 17.3. The monoisotopic (exact) mass is 411 g/mol. The molecule has 1 aliphatic heterocycles. The Balaban J connectivity index is 1.68. The molecule has 154 valence electrons. The lowest BCUT2D eigenvalue weighted by Gasteiger charge is -2.27. The number of hydrogen-bond acceptors (Lipinski definition) is 2. The Morgan fingerprint density at radius 1 is 0.935 bits per heavy atom. The second-order valence-corrected chi connectivity index (χ2v) is 8.10. The van der Waals surface area contributed by atoms with Crippen LogP contribution in [0.15, 0.2) is 78.9 Å². The molecule has 5 heteroatoms. The Bertz CT molecular complexity index is 1230. The fourth-order valence-electron chi connectivity index (χ4n) is 4.21. The van der Waals surface area contributed by atoms with Crippen molar-refractivity contribution in [2.75, 3.05) is 4.90 Å². The van der Waals surface area contributed by atoms with Crippen LogP contribution in [-0.4, -0.2) is 16.1 Å². The van der Waals surface area contributed by atoms with Gasteiger partial charge in [-0.15, -0.1) is 0 Å². The number of halogens is 1. The molecule has 1 unspecified atom stereocenters. The first-order valence-electron chi connectivity index (χ1n) is 10.4. The number of nitrogens with one attached hydrogen (secondary N) is 1. The Morgan fingerprint density at radius 3 is 2.26 bits per heavy atom. The van der Waals surface area contributed by atoms with Crippen molar-refractivity contribution in [2.45, 2.75) is 25.8 Å². The molecule has 5 rings (SSSR count). The molecule has 0 saturated heterocycles. The van der Waals surface area contributed by atoms with E-state index in [1.54, 1.807) is 17.0 Å². The summed E-state index contributed by atoms with van der Waals surface area (Å²) in [6.07, 6.45) is 0. The standard InChI is InChI=1S/C26H22FN3O/c1-16(2)17-10-14-21(15-11-17)30-25(19-8-12-20(27)13-9-19)22-23(18-6-4-3-5-7-18)28-29-24(22)26(30)31/h3-16,25H,1-2H3,(H,28,29). The van der Waals surface area contributed by atoms with Gasteiger partial charge in [-0.3, -0.25) is 14.8 Å². The van der Waals surface area contributed by atoms with Crippen LogP contribution in [0.4, 0.5) is 10.1 Å². The normalized spacial score (nSPS) is 15.5. The molecule has 1 aliphatic rings. The summed E-state index contributed by atoms with van der Waals surface area (Å²) >= 11 is 0. The first kappa shape index (κ1) is 19.2. The number of carbonyl (C=O) groups excluding carboxylic acids is 1. The molecular weight excluding hydrogens is 389 g/mol. The predicted octanol–water partition coefficient (Wildman–Crippen LogP) is 6.09. The number of nitrogens with zero attached hydrogens (tertiary/aromatic N) is 2. The number of amides is 1. The Kier molecular flexibility index (Phi) is 4.66. The Morgan fingerprint density at radius 2 is 1.61 bits per heavy atom. The first-order chi connectivity index (χ1) is 15.0. The fourth-order valence-corrected chi connectivity index (χ4v) is 4.21. The van der Waals surface area contributed by atoms with Gasteiger partial charge in [0, 0.05) is 16.8 Å². The van der Waals surface area contributed by atoms with E-state index < -0.39 is 6.04 Å². The predicted molar refractivity (Wildman–Crippen MR) is 120 cm³/mol. The molecule has 31 heavy (non-hydrogen) atoms. The molecule has 0 radical (unpaired) electrons. The number of H-pyrrole nitrogens is 1. The van der Waals surface area contributed by atoms with Crippen molar-refractivity contribution < 1.29 is 9.18 Å². The third-order valence-electron chi connectivity index (χ3n) is 5.84. The van der Waals surface area contributed by atoms with Crippen LogP contribution in [0.25, 0.3) is 11.3 Å². The minimum atomic E-state index is -0.401. The van der Waals surface area contributed by atoms with Gasteiger partial charge < -0.3 is 0 Å². The highest BCUT2D eigenvalue weighted by molar-refractivity contribution is 6.11. The maximum Gasteiger partial charge on any atom is 0.277 e. The number of aromatic nitrogens is 2. The van der Waals surface area contributed by atoms with Gasteiger partial charge >= 0.3 is 0 Å². The van der Waals surface area contributed by atoms with Crippen LogP contribution in [0.2, 0.25) is 0 Å². The summed E-state index contributed by atoms with van der Waals surface area (Å²) in [5.74, 6) is -0.0502. The molecule has 1 amide bonds. The van der Waals surface area contributed by atoms with E-state index in [4.69, 9.17) is 0 Å². The minimum absolute atomic E-state index is 0.142. The van der Waals surface area contributed by atoms with E-state index in [1.807, 2.05) is 42.5 Å². The number of carbonyl (C=O) groups is 1. The van der Waals surface area contributed by atoms with Crippen LogP contribution in [0.5, 0.6) is 0 Å². The molecule has 3 aromatic carbocycles. The zero-order valence-electron chi connectivity index (χ0n) is 17.3. The molecule has 0 fully saturated rings. The molecule has 0 bridgehead atoms. The van der Waals surface area contributed by atoms with Gasteiger partial charge in [-0.1, -0.05) is 68.4 Å². The van der Waals surface area contributed by atoms with E-state index in [9.17, 15) is 9.18 Å². The molecule has 2 heterocycles. The molecular formula is C26H22FN3O. The maximum atomic E-state index is 13.7. The SMILES string of the molecule is CC(C)c1ccc(N2C(=O)c3[nH]nc(-c4ccccc4)c3C2c2ccc(F)cc2)cc1. The van der Waals surface area contributed by atoms with Gasteiger partial charge in [0.15, 0.2) is 0 Å². The van der Waals surface area contributed by atoms with E-state index in [0.29, 0.717) is 11.6 Å². The van der Waals surface area contributed by atoms with Crippen LogP contribution < -0.4 is 4.90 Å². The average Bonchev–Trinajstić information content (AvgIpc) is 3.34. The topological polar surface area (TPSA) is 49.0 Å². The molecule has 0 spiro atoms. The van der Waals surface area contributed by atoms with E-state index in [2.05, 4.69) is 36.2 Å². The van der Waals surface area contributed by atoms with E-state index >= 15 is 0 Å². The third kappa shape index (κ3) is 3.22. The maximum absolute atomic E-state index is 13.7. The smallest absolute Gasteiger partial charge is 0.277 e. The quantitative estimate of drug-likeness (QED) is 0.442. The summed E-state index contributed by atoms with van der Waals surface area (Å²) in [5, 5.41) is 7.43. The lowest BCUT2D eigenvalue weighted by atomic mass is 9.95. The minimum Gasteiger partial charge on any atom is -0.295 e. The van der Waals surface area contributed by atoms with Crippen molar-refractivity contribution in [3.05, 3.63) is 107 Å². The van der Waals surface area contributed by atoms with E-state index in [-0.39, 0.29) is 11.7 Å². The molecule has 1 aromatic heterocycles. The second-order valence-electron chi connectivity index (χ2n) is 8.10. The number of anilines is 1. The van der Waals surface area contributed by atoms with Crippen LogP contribution in [-0.2, 0) is 0 Å². The highest BCUT2D eigenvalue weighted by Crippen LogP contribution is 2.45. The summed E-state index contributed by atoms with van der Waals surface area (Å²) in [7, 11) is 0. The van der Waals surface area contributed by atoms with Gasteiger partial charge in [0.2, 0.25) is 0 Å². The number of hydrogen-bond donors (Lipinski definition) is 1. The molecule has 0 saturated carbocycles. The van der Waals surface area contributed by atoms with Gasteiger partial charge in [-0.2, -0.15) is 5.10 Å². The molecule has 1 N–H and O–H groups in total. The van der Waals surface area contributed by atoms with Gasteiger partial charge in [-0.25, -0.2) is 4.39 Å². The summed E-state index contributed by atoms with van der Waals surface area (Å²) in [6, 6.07) is 23.8. The Hall–Kier alpha value is -3.73. The molecule has 1 atom stereocenters. The van der Waals surface area contributed by atoms with Gasteiger partial charge in [0.25, 0.3) is 5.91 Å². The number of benzene rings is 3. The van der Waals surface area contributed by atoms with Crippen LogP contribution in [0.1, 0.15) is 53.0 Å². The van der Waals surface area contributed by atoms with Crippen molar-refractivity contribution in [1.29, 1.82) is 0 Å². The molecule has 4 aromatic rings. The second kappa shape index (κ2) is 7.51. The number of rotatable bonds is 4. The van der Waals surface area contributed by atoms with Crippen molar-refractivity contribution in [2.24, 2.45) is 0 Å². The van der Waals surface area contributed by atoms with Gasteiger partial charge in [-0.05, 0) is 41.3 Å². The highest BCUT2D eigenvalue weighted by Gasteiger charge is 2.43. The number of aromatic amines is 1. The fraction of sp³-hybridized carbons (Fsp3) is 0.154. The summed E-state index contributed by atoms with van der Waals surface area (Å²) in [5.41, 5.74) is 5.79. The summed E-state index contributed by atoms with van der Waals surface area (Å²) in [6.45, 7) is 4.28. The Labute approximate surface area is 180 Å². The number of fused-ring (bicyclic) bond motifs is 1. The van der Waals surface area contributed by atoms with Crippen LogP contribution in [0, 0.1) is 5.82 Å². The van der Waals surface area contributed by atoms with Crippen molar-refractivity contribution in [3.63, 3.8) is 0 Å². The lowest BCUT2D eigenvalue weighted by molar-refractivity contribution is 0.0989. The largest absolute Gasteiger partial charge is 0.295 e. The molecule has 4 nitrogen and oxygen atoms in total. The third-order valence-corrected chi connectivity index (χ3v) is 5.84. The van der Waals surface area contributed by atoms with Gasteiger partial charge in [0.05, 0.1) is 11.7 Å². The van der Waals surface area contributed by atoms with Crippen molar-refractivity contribution in [3.8, 4) is 11.3 Å². The zero-order chi connectivity index (χ0) is 21.5. The van der Waals surface area contributed by atoms with E-state index in [1.165, 1.54) is 17.7 Å². The lowest BCUT2D eigenvalue weighted by Crippen LogP contribution is -2.29. The summed E-state index contributed by atoms with van der Waals surface area (Å²) in [4.78, 5) is 15.3. The highest BCUT2D eigenvalue weighted by atomic mass is 19.1. The summed E-state index contributed by atoms with van der Waals surface area (Å²) < 4.78 is 13.7. The van der Waals surface area contributed by atoms with Gasteiger partial charge in [0.1, 0.15) is 11.5 Å². The first-order valence-corrected chi connectivity index (χ1v) is 10.4. The molecule has 0 aliphatic carbocycles. The van der Waals surface area contributed by atoms with E-state index in [0.717, 1.165) is 28.1 Å². The van der Waals surface area contributed by atoms with Crippen LogP contribution in [0.3, 0.4) is 0 Å². The van der Waals surface area contributed by atoms with Crippen molar-refractivity contribution in [1.82, 2.24) is 10.2 Å². The van der Waals surface area contributed by atoms with Crippen molar-refractivity contribution >= 4 is 11.6 Å². The average molecular weight is 411 g/mol. The van der Waals surface area contributed by atoms with Crippen LogP contribution >= 0.6 is 0 Å².